The van der Waals surface area contributed by atoms with Crippen LogP contribution in [0.1, 0.15) is 157 Å². The summed E-state index contributed by atoms with van der Waals surface area (Å²) in [6.45, 7) is 9.86. The molecule has 0 heterocycles. The van der Waals surface area contributed by atoms with Gasteiger partial charge in [0.1, 0.15) is 11.3 Å². The third kappa shape index (κ3) is 15.4. The second-order valence-electron chi connectivity index (χ2n) is 10.1. The summed E-state index contributed by atoms with van der Waals surface area (Å²) >= 11 is 0. The maximum Gasteiger partial charge on any atom is 0.342 e. The van der Waals surface area contributed by atoms with Crippen LogP contribution in [0.2, 0.25) is 0 Å². The average Bonchev–Trinajstić information content (AvgIpc) is 2.90. The first-order valence-electron chi connectivity index (χ1n) is 15.2. The van der Waals surface area contributed by atoms with Gasteiger partial charge in [-0.15, -0.1) is 0 Å². The Kier molecular flexibility index (Phi) is 24.0. The van der Waals surface area contributed by atoms with Crippen LogP contribution >= 0.6 is 0 Å². The summed E-state index contributed by atoms with van der Waals surface area (Å²) in [6, 6.07) is 3.64. The number of hydrogen-bond acceptors (Lipinski definition) is 5. The quantitative estimate of drug-likeness (QED) is 0.0682. The van der Waals surface area contributed by atoms with Gasteiger partial charge < -0.3 is 14.2 Å². The molecule has 4 radical (unpaired) electrons. The zero-order chi connectivity index (χ0) is 27.1. The molecule has 38 heavy (non-hydrogen) atoms. The van der Waals surface area contributed by atoms with Crippen molar-refractivity contribution in [1.82, 2.24) is 0 Å². The van der Waals surface area contributed by atoms with Crippen molar-refractivity contribution in [2.45, 2.75) is 137 Å². The predicted octanol–water partition coefficient (Wildman–Crippen LogP) is 8.86. The topological polar surface area (TPSA) is 61.8 Å². The molecular formula is C32H54O5Sn. The minimum atomic E-state index is -0.482. The summed E-state index contributed by atoms with van der Waals surface area (Å²) in [5.74, 6) is -0.448. The molecule has 1 aromatic carbocycles. The number of unbranched alkanes of at least 4 members (excludes halogenated alkanes) is 12. The van der Waals surface area contributed by atoms with Gasteiger partial charge in [-0.05, 0) is 43.7 Å². The smallest absolute Gasteiger partial charge is 0.342 e. The molecule has 6 heteroatoms. The van der Waals surface area contributed by atoms with E-state index < -0.39 is 11.9 Å². The molecule has 0 aliphatic carbocycles. The molecule has 0 spiro atoms. The molecular weight excluding hydrogens is 583 g/mol. The van der Waals surface area contributed by atoms with Gasteiger partial charge in [-0.1, -0.05) is 111 Å². The fraction of sp³-hybridized carbons (Fsp3) is 0.750. The van der Waals surface area contributed by atoms with Gasteiger partial charge in [0.25, 0.3) is 0 Å². The number of carbonyl (C=O) groups is 2. The zero-order valence-electron chi connectivity index (χ0n) is 24.8. The van der Waals surface area contributed by atoms with Crippen molar-refractivity contribution in [3.63, 3.8) is 0 Å². The minimum absolute atomic E-state index is 0. The van der Waals surface area contributed by atoms with Crippen LogP contribution in [-0.4, -0.2) is 55.7 Å². The van der Waals surface area contributed by atoms with Gasteiger partial charge in [0, 0.05) is 23.9 Å². The SMILES string of the molecule is CCCCCCCCOC(=O)c1ccc(CCCC)c(OCCCC)c1C(=O)OCCCCCCCC.[Sn]. The van der Waals surface area contributed by atoms with E-state index in [0.717, 1.165) is 76.2 Å². The van der Waals surface area contributed by atoms with Crippen LogP contribution in [0.25, 0.3) is 0 Å². The van der Waals surface area contributed by atoms with Crippen LogP contribution < -0.4 is 4.74 Å². The van der Waals surface area contributed by atoms with Crippen LogP contribution in [0.5, 0.6) is 5.75 Å². The second-order valence-corrected chi connectivity index (χ2v) is 10.1. The normalized spacial score (nSPS) is 10.6. The molecule has 1 aromatic rings. The molecule has 0 aliphatic rings. The Morgan fingerprint density at radius 3 is 1.63 bits per heavy atom. The van der Waals surface area contributed by atoms with Gasteiger partial charge in [0.2, 0.25) is 0 Å². The van der Waals surface area contributed by atoms with Gasteiger partial charge >= 0.3 is 11.9 Å². The van der Waals surface area contributed by atoms with Crippen molar-refractivity contribution >= 4 is 35.8 Å². The third-order valence-electron chi connectivity index (χ3n) is 6.67. The van der Waals surface area contributed by atoms with Gasteiger partial charge in [0.15, 0.2) is 0 Å². The number of rotatable bonds is 23. The summed E-state index contributed by atoms with van der Waals surface area (Å²) in [7, 11) is 0. The summed E-state index contributed by atoms with van der Waals surface area (Å²) < 4.78 is 17.5. The van der Waals surface area contributed by atoms with Crippen LogP contribution in [0.15, 0.2) is 12.1 Å². The van der Waals surface area contributed by atoms with E-state index in [1.165, 1.54) is 38.5 Å². The van der Waals surface area contributed by atoms with Crippen molar-refractivity contribution < 1.29 is 23.8 Å². The Balaban J connectivity index is 0.0000137. The second kappa shape index (κ2) is 24.8. The van der Waals surface area contributed by atoms with E-state index in [1.807, 2.05) is 6.07 Å². The Hall–Kier alpha value is -1.24. The molecule has 0 saturated heterocycles. The average molecular weight is 637 g/mol. The number of aryl methyl sites for hydroxylation is 1. The van der Waals surface area contributed by atoms with E-state index in [9.17, 15) is 9.59 Å². The number of esters is 2. The van der Waals surface area contributed by atoms with Crippen molar-refractivity contribution in [2.75, 3.05) is 19.8 Å². The van der Waals surface area contributed by atoms with E-state index in [4.69, 9.17) is 14.2 Å². The predicted molar refractivity (Wildman–Crippen MR) is 159 cm³/mol. The number of hydrogen-bond donors (Lipinski definition) is 0. The molecule has 0 atom stereocenters. The van der Waals surface area contributed by atoms with Crippen LogP contribution in [0, 0.1) is 0 Å². The molecule has 0 amide bonds. The van der Waals surface area contributed by atoms with E-state index >= 15 is 0 Å². The molecule has 0 unspecified atom stereocenters. The van der Waals surface area contributed by atoms with Gasteiger partial charge in [-0.3, -0.25) is 0 Å². The van der Waals surface area contributed by atoms with Crippen LogP contribution in [0.4, 0.5) is 0 Å². The Morgan fingerprint density at radius 2 is 1.08 bits per heavy atom. The summed E-state index contributed by atoms with van der Waals surface area (Å²) in [4.78, 5) is 26.5. The molecule has 0 bridgehead atoms. The van der Waals surface area contributed by atoms with Gasteiger partial charge in [-0.25, -0.2) is 9.59 Å². The maximum atomic E-state index is 13.4. The first kappa shape index (κ1) is 36.8. The molecule has 1 rings (SSSR count). The summed E-state index contributed by atoms with van der Waals surface area (Å²) in [5, 5.41) is 0. The van der Waals surface area contributed by atoms with E-state index in [2.05, 4.69) is 27.7 Å². The van der Waals surface area contributed by atoms with Crippen LogP contribution in [-0.2, 0) is 15.9 Å². The standard InChI is InChI=1S/C32H54O5.Sn/c1-5-9-13-15-17-19-25-36-31(33)28-23-22-27(21-11-7-3)30(35-24-12-8-4)29(28)32(34)37-26-20-18-16-14-10-6-2;/h22-23H,5-21,24-26H2,1-4H3;. The fourth-order valence-corrected chi connectivity index (χ4v) is 4.29. The molecule has 0 aromatic heterocycles. The Labute approximate surface area is 250 Å². The Morgan fingerprint density at radius 1 is 0.579 bits per heavy atom. The van der Waals surface area contributed by atoms with Crippen molar-refractivity contribution in [3.05, 3.63) is 28.8 Å². The summed E-state index contributed by atoms with van der Waals surface area (Å²) in [6.07, 6.45) is 18.1. The van der Waals surface area contributed by atoms with Crippen molar-refractivity contribution in [3.8, 4) is 5.75 Å². The number of ether oxygens (including phenoxy) is 3. The molecule has 0 fully saturated rings. The van der Waals surface area contributed by atoms with Crippen molar-refractivity contribution in [2.24, 2.45) is 0 Å². The number of benzene rings is 1. The molecule has 216 valence electrons. The Bertz CT molecular complexity index is 750. The molecule has 5 nitrogen and oxygen atoms in total. The first-order valence-corrected chi connectivity index (χ1v) is 15.2. The fourth-order valence-electron chi connectivity index (χ4n) is 4.29. The van der Waals surface area contributed by atoms with Gasteiger partial charge in [-0.2, -0.15) is 0 Å². The van der Waals surface area contributed by atoms with E-state index in [-0.39, 0.29) is 35.0 Å². The molecule has 0 saturated carbocycles. The first-order chi connectivity index (χ1) is 18.1. The van der Waals surface area contributed by atoms with Gasteiger partial charge in [0.05, 0.1) is 25.4 Å². The third-order valence-corrected chi connectivity index (χ3v) is 6.67. The van der Waals surface area contributed by atoms with E-state index in [0.29, 0.717) is 25.6 Å². The van der Waals surface area contributed by atoms with Crippen LogP contribution in [0.3, 0.4) is 0 Å². The molecule has 0 aliphatic heterocycles. The largest absolute Gasteiger partial charge is 0.492 e. The van der Waals surface area contributed by atoms with E-state index in [1.54, 1.807) is 6.07 Å². The summed E-state index contributed by atoms with van der Waals surface area (Å²) in [5.41, 5.74) is 1.45. The van der Waals surface area contributed by atoms with Crippen molar-refractivity contribution in [1.29, 1.82) is 0 Å². The monoisotopic (exact) mass is 638 g/mol. The maximum absolute atomic E-state index is 13.4. The molecule has 0 N–H and O–H groups in total. The zero-order valence-corrected chi connectivity index (χ0v) is 27.7. The number of carbonyl (C=O) groups excluding carboxylic acids is 2. The minimum Gasteiger partial charge on any atom is -0.492 e.